The Morgan fingerprint density at radius 3 is 2.58 bits per heavy atom. The van der Waals surface area contributed by atoms with E-state index in [2.05, 4.69) is 5.32 Å². The summed E-state index contributed by atoms with van der Waals surface area (Å²) in [5, 5.41) is 4.16. The first-order valence-corrected chi connectivity index (χ1v) is 12.4. The van der Waals surface area contributed by atoms with Gasteiger partial charge in [0.2, 0.25) is 4.21 Å². The molecule has 10 nitrogen and oxygen atoms in total. The van der Waals surface area contributed by atoms with Crippen molar-refractivity contribution in [2.24, 2.45) is 5.92 Å². The molecule has 1 spiro atoms. The van der Waals surface area contributed by atoms with Gasteiger partial charge in [-0.25, -0.2) is 4.79 Å². The molecule has 0 aromatic carbocycles. The number of ether oxygens (including phenoxy) is 2. The summed E-state index contributed by atoms with van der Waals surface area (Å²) in [6, 6.07) is 3.22. The average molecular weight is 474 g/mol. The molecule has 0 saturated carbocycles. The number of nitrogens with one attached hydrogen (secondary N) is 1. The van der Waals surface area contributed by atoms with Gasteiger partial charge in [0.05, 0.1) is 12.1 Å². The van der Waals surface area contributed by atoms with Crippen molar-refractivity contribution in [3.05, 3.63) is 17.5 Å². The Kier molecular flexibility index (Phi) is 7.04. The van der Waals surface area contributed by atoms with Gasteiger partial charge in [-0.1, -0.05) is 15.5 Å². The summed E-state index contributed by atoms with van der Waals surface area (Å²) in [4.78, 5) is 39.3. The largest absolute Gasteiger partial charge is 0.592 e. The maximum absolute atomic E-state index is 13.0. The van der Waals surface area contributed by atoms with E-state index < -0.39 is 45.9 Å². The standard InChI is InChI=1S/C19H27N3O7S2/c1-4-20-18(25)29-15-14(17(24)28-5-2)19(21(3)16(15)23)8-10-22(11-9-19)31(26,27)13-7-6-12-30-13/h6-7,12,14-15H,4-5,8-11H2,1-3H3,(H-,20,25,26,27)/t14-,15+/m0/s1. The first-order chi connectivity index (χ1) is 14.7. The van der Waals surface area contributed by atoms with Crippen molar-refractivity contribution >= 4 is 39.7 Å². The number of nitrogens with zero attached hydrogens (tertiary/aromatic N) is 2. The van der Waals surface area contributed by atoms with Crippen LogP contribution < -0.4 is 5.32 Å². The Morgan fingerprint density at radius 2 is 2.03 bits per heavy atom. The number of likely N-dealkylation sites (N-methyl/N-ethyl adjacent to an activating group) is 1. The molecule has 1 aromatic rings. The normalized spacial score (nSPS) is 25.3. The van der Waals surface area contributed by atoms with Crippen molar-refractivity contribution in [2.45, 2.75) is 42.5 Å². The molecule has 31 heavy (non-hydrogen) atoms. The van der Waals surface area contributed by atoms with Crippen LogP contribution in [-0.2, 0) is 33.7 Å². The van der Waals surface area contributed by atoms with Crippen molar-refractivity contribution in [1.29, 1.82) is 0 Å². The van der Waals surface area contributed by atoms with Crippen LogP contribution in [0.15, 0.2) is 21.7 Å². The summed E-state index contributed by atoms with van der Waals surface area (Å²) in [6.07, 6.45) is -1.67. The van der Waals surface area contributed by atoms with E-state index in [-0.39, 0.29) is 36.7 Å². The minimum Gasteiger partial charge on any atom is -0.592 e. The van der Waals surface area contributed by atoms with Crippen molar-refractivity contribution in [2.75, 3.05) is 33.3 Å². The highest BCUT2D eigenvalue weighted by atomic mass is 32.3. The summed E-state index contributed by atoms with van der Waals surface area (Å²) >= 11 is 1.14. The zero-order chi connectivity index (χ0) is 22.8. The van der Waals surface area contributed by atoms with Crippen molar-refractivity contribution < 1.29 is 32.6 Å². The number of likely N-dealkylation sites (tertiary alicyclic amines) is 1. The molecule has 2 aliphatic heterocycles. The molecule has 12 heteroatoms. The fraction of sp³-hybridized carbons (Fsp3) is 0.632. The van der Waals surface area contributed by atoms with Gasteiger partial charge in [-0.05, 0) is 38.1 Å². The molecular formula is C19H27N3O7S2. The van der Waals surface area contributed by atoms with Gasteiger partial charge >= 0.3 is 12.1 Å². The number of esters is 1. The average Bonchev–Trinajstić information content (AvgIpc) is 3.33. The summed E-state index contributed by atoms with van der Waals surface area (Å²) < 4.78 is 37.9. The Bertz CT molecular complexity index is 868. The second-order valence-corrected chi connectivity index (χ2v) is 10.5. The van der Waals surface area contributed by atoms with Gasteiger partial charge in [0, 0.05) is 32.7 Å². The van der Waals surface area contributed by atoms with Crippen LogP contribution in [-0.4, -0.2) is 76.7 Å². The Labute approximate surface area is 186 Å². The molecule has 1 unspecified atom stereocenters. The number of alkyl carbamates (subject to hydrolysis) is 1. The van der Waals surface area contributed by atoms with Gasteiger partial charge in [-0.2, -0.15) is 0 Å². The molecule has 3 heterocycles. The SMILES string of the molecule is CCNC(=O)O[C@H]1C(=O)N(C)C2(CCN([S+](=O)([O-])c3cccs3)CC2)[C@@H]1C(=O)OCC. The number of piperidine rings is 1. The zero-order valence-electron chi connectivity index (χ0n) is 17.7. The number of thiophene rings is 1. The number of sulfonamides is 1. The lowest BCUT2D eigenvalue weighted by molar-refractivity contribution is -0.155. The van der Waals surface area contributed by atoms with E-state index in [9.17, 15) is 23.1 Å². The van der Waals surface area contributed by atoms with E-state index in [0.29, 0.717) is 6.54 Å². The summed E-state index contributed by atoms with van der Waals surface area (Å²) in [7, 11) is -2.09. The molecule has 1 N–H and O–H groups in total. The maximum atomic E-state index is 13.0. The Balaban J connectivity index is 1.87. The van der Waals surface area contributed by atoms with Crippen molar-refractivity contribution in [3.63, 3.8) is 0 Å². The molecule has 172 valence electrons. The van der Waals surface area contributed by atoms with Gasteiger partial charge in [0.1, 0.15) is 5.92 Å². The number of amides is 2. The second-order valence-electron chi connectivity index (χ2n) is 7.42. The minimum absolute atomic E-state index is 0.107. The first-order valence-electron chi connectivity index (χ1n) is 10.1. The lowest BCUT2D eigenvalue weighted by atomic mass is 9.76. The molecular weight excluding hydrogens is 446 g/mol. The second kappa shape index (κ2) is 9.23. The van der Waals surface area contributed by atoms with E-state index in [0.717, 1.165) is 11.3 Å². The number of hydrogen-bond donors (Lipinski definition) is 1. The highest BCUT2D eigenvalue weighted by Crippen LogP contribution is 2.46. The fourth-order valence-corrected chi connectivity index (χ4v) is 6.92. The van der Waals surface area contributed by atoms with E-state index in [4.69, 9.17) is 9.47 Å². The third kappa shape index (κ3) is 4.21. The van der Waals surface area contributed by atoms with Crippen LogP contribution in [0, 0.1) is 5.92 Å². The van der Waals surface area contributed by atoms with Crippen LogP contribution in [0.2, 0.25) is 0 Å². The van der Waals surface area contributed by atoms with Crippen molar-refractivity contribution in [1.82, 2.24) is 14.5 Å². The van der Waals surface area contributed by atoms with Gasteiger partial charge < -0.3 is 24.2 Å². The Morgan fingerprint density at radius 1 is 1.35 bits per heavy atom. The molecule has 0 aliphatic carbocycles. The lowest BCUT2D eigenvalue weighted by Crippen LogP contribution is -2.58. The van der Waals surface area contributed by atoms with Crippen LogP contribution >= 0.6 is 11.3 Å². The predicted octanol–water partition coefficient (Wildman–Crippen LogP) is 1.25. The fourth-order valence-electron chi connectivity index (χ4n) is 4.34. The van der Waals surface area contributed by atoms with Gasteiger partial charge in [0.15, 0.2) is 16.5 Å². The quantitative estimate of drug-likeness (QED) is 0.486. The van der Waals surface area contributed by atoms with Crippen LogP contribution in [0.3, 0.4) is 0 Å². The van der Waals surface area contributed by atoms with Crippen LogP contribution in [0.25, 0.3) is 0 Å². The zero-order valence-corrected chi connectivity index (χ0v) is 19.3. The van der Waals surface area contributed by atoms with Crippen LogP contribution in [0.5, 0.6) is 0 Å². The third-order valence-corrected chi connectivity index (χ3v) is 9.17. The van der Waals surface area contributed by atoms with E-state index in [1.807, 2.05) is 0 Å². The highest BCUT2D eigenvalue weighted by molar-refractivity contribution is 7.97. The Hall–Kier alpha value is -2.02. The van der Waals surface area contributed by atoms with E-state index in [1.165, 1.54) is 9.21 Å². The summed E-state index contributed by atoms with van der Waals surface area (Å²) in [5.74, 6) is -2.18. The molecule has 0 radical (unpaired) electrons. The van der Waals surface area contributed by atoms with E-state index >= 15 is 0 Å². The summed E-state index contributed by atoms with van der Waals surface area (Å²) in [6.45, 7) is 4.03. The van der Waals surface area contributed by atoms with Gasteiger partial charge in [-0.15, -0.1) is 4.31 Å². The number of carbonyl (C=O) groups is 3. The summed E-state index contributed by atoms with van der Waals surface area (Å²) in [5.41, 5.74) is -0.998. The lowest BCUT2D eigenvalue weighted by Gasteiger charge is -2.45. The highest BCUT2D eigenvalue weighted by Gasteiger charge is 2.64. The van der Waals surface area contributed by atoms with Gasteiger partial charge in [-0.3, -0.25) is 9.59 Å². The molecule has 2 aliphatic rings. The number of hydrogen-bond acceptors (Lipinski definition) is 8. The molecule has 3 rings (SSSR count). The van der Waals surface area contributed by atoms with Crippen LogP contribution in [0.1, 0.15) is 26.7 Å². The molecule has 3 atom stereocenters. The molecule has 2 fully saturated rings. The monoisotopic (exact) mass is 473 g/mol. The molecule has 2 saturated heterocycles. The number of rotatable bonds is 6. The predicted molar refractivity (Wildman–Crippen MR) is 112 cm³/mol. The van der Waals surface area contributed by atoms with E-state index in [1.54, 1.807) is 38.4 Å². The molecule has 0 bridgehead atoms. The number of carbonyl (C=O) groups excluding carboxylic acids is 3. The first kappa shape index (κ1) is 23.6. The smallest absolute Gasteiger partial charge is 0.407 e. The molecule has 2 amide bonds. The van der Waals surface area contributed by atoms with Crippen molar-refractivity contribution in [3.8, 4) is 0 Å². The topological polar surface area (TPSA) is 128 Å². The maximum Gasteiger partial charge on any atom is 0.407 e. The third-order valence-electron chi connectivity index (χ3n) is 5.90. The van der Waals surface area contributed by atoms with Crippen LogP contribution in [0.4, 0.5) is 4.79 Å². The van der Waals surface area contributed by atoms with Gasteiger partial charge in [0.25, 0.3) is 5.91 Å². The minimum atomic E-state index is -3.65. The molecule has 1 aromatic heterocycles.